The van der Waals surface area contributed by atoms with Gasteiger partial charge in [-0.25, -0.2) is 10.0 Å². The average molecular weight is 417 g/mol. The molecule has 2 saturated carbocycles. The number of anilines is 1. The molecule has 2 bridgehead atoms. The zero-order chi connectivity index (χ0) is 22.0. The van der Waals surface area contributed by atoms with E-state index >= 15 is 0 Å². The number of hydrazine groups is 1. The van der Waals surface area contributed by atoms with Crippen molar-refractivity contribution in [3.63, 3.8) is 0 Å². The number of rotatable bonds is 4. The van der Waals surface area contributed by atoms with Crippen molar-refractivity contribution in [3.05, 3.63) is 78.4 Å². The molecule has 5 rings (SSSR count). The molecule has 1 heterocycles. The van der Waals surface area contributed by atoms with E-state index in [2.05, 4.69) is 20.4 Å². The third kappa shape index (κ3) is 2.53. The van der Waals surface area contributed by atoms with Crippen LogP contribution in [0.25, 0.3) is 0 Å². The van der Waals surface area contributed by atoms with Gasteiger partial charge in [0.05, 0.1) is 17.1 Å². The van der Waals surface area contributed by atoms with Crippen LogP contribution in [0.4, 0.5) is 5.69 Å². The zero-order valence-corrected chi connectivity index (χ0v) is 18.0. The van der Waals surface area contributed by atoms with Crippen LogP contribution >= 0.6 is 0 Å². The third-order valence-electron chi connectivity index (χ3n) is 8.15. The number of fused-ring (bicyclic) bond motifs is 1. The zero-order valence-electron chi connectivity index (χ0n) is 18.0. The van der Waals surface area contributed by atoms with Gasteiger partial charge in [0.25, 0.3) is 11.8 Å². The van der Waals surface area contributed by atoms with E-state index in [0.717, 1.165) is 19.3 Å². The summed E-state index contributed by atoms with van der Waals surface area (Å²) in [6.07, 6.45) is 1.47. The second-order valence-electron chi connectivity index (χ2n) is 9.62. The van der Waals surface area contributed by atoms with E-state index in [-0.39, 0.29) is 22.9 Å². The molecule has 1 aliphatic heterocycles. The molecule has 0 unspecified atom stereocenters. The van der Waals surface area contributed by atoms with E-state index in [0.29, 0.717) is 17.2 Å². The maximum Gasteiger partial charge on any atom is 0.271 e. The maximum atomic E-state index is 14.0. The van der Waals surface area contributed by atoms with Gasteiger partial charge in [-0.05, 0) is 48.3 Å². The van der Waals surface area contributed by atoms with Crippen molar-refractivity contribution < 1.29 is 14.7 Å². The lowest BCUT2D eigenvalue weighted by Gasteiger charge is -2.35. The molecule has 5 heteroatoms. The van der Waals surface area contributed by atoms with Crippen LogP contribution < -0.4 is 5.01 Å². The van der Waals surface area contributed by atoms with Gasteiger partial charge in [0.2, 0.25) is 0 Å². The van der Waals surface area contributed by atoms with Crippen LogP contribution in [0.5, 0.6) is 0 Å². The number of nitrogens with zero attached hydrogens (tertiary/aromatic N) is 2. The smallest absolute Gasteiger partial charge is 0.271 e. The summed E-state index contributed by atoms with van der Waals surface area (Å²) in [7, 11) is 0. The van der Waals surface area contributed by atoms with E-state index in [1.807, 2.05) is 48.5 Å². The lowest BCUT2D eigenvalue weighted by atomic mass is 9.67. The first-order valence-electron chi connectivity index (χ1n) is 11.0. The highest BCUT2D eigenvalue weighted by Gasteiger charge is 2.75. The van der Waals surface area contributed by atoms with Gasteiger partial charge in [-0.15, -0.1) is 0 Å². The number of hydrogen-bond acceptors (Lipinski definition) is 3. The van der Waals surface area contributed by atoms with Crippen LogP contribution in [-0.2, 0) is 9.59 Å². The third-order valence-corrected chi connectivity index (χ3v) is 8.15. The molecule has 2 aliphatic carbocycles. The summed E-state index contributed by atoms with van der Waals surface area (Å²) in [6, 6.07) is 18.2. The number of benzene rings is 2. The second-order valence-corrected chi connectivity index (χ2v) is 9.62. The summed E-state index contributed by atoms with van der Waals surface area (Å²) in [5, 5.41) is 14.0. The van der Waals surface area contributed by atoms with E-state index in [1.54, 1.807) is 22.2 Å². The molecular weight excluding hydrogens is 388 g/mol. The van der Waals surface area contributed by atoms with E-state index < -0.39 is 17.4 Å². The van der Waals surface area contributed by atoms with Crippen molar-refractivity contribution in [2.45, 2.75) is 45.3 Å². The van der Waals surface area contributed by atoms with Crippen molar-refractivity contribution in [1.29, 1.82) is 0 Å². The predicted octanol–water partition coefficient (Wildman–Crippen LogP) is 4.26. The number of para-hydroxylation sites is 1. The molecule has 160 valence electrons. The van der Waals surface area contributed by atoms with Gasteiger partial charge in [-0.3, -0.25) is 9.59 Å². The Morgan fingerprint density at radius 1 is 1.10 bits per heavy atom. The van der Waals surface area contributed by atoms with Crippen molar-refractivity contribution in [2.75, 3.05) is 5.01 Å². The molecule has 31 heavy (non-hydrogen) atoms. The minimum Gasteiger partial charge on any atom is -0.383 e. The summed E-state index contributed by atoms with van der Waals surface area (Å²) in [6.45, 7) is 8.31. The molecule has 0 radical (unpaired) electrons. The fraction of sp³-hybridized carbons (Fsp3) is 0.385. The minimum absolute atomic E-state index is 0.0101. The number of aliphatic hydroxyl groups is 1. The highest BCUT2D eigenvalue weighted by atomic mass is 16.3. The van der Waals surface area contributed by atoms with Crippen molar-refractivity contribution in [1.82, 2.24) is 5.01 Å². The molecule has 2 aromatic rings. The topological polar surface area (TPSA) is 60.9 Å². The van der Waals surface area contributed by atoms with Crippen LogP contribution in [-0.4, -0.2) is 28.0 Å². The van der Waals surface area contributed by atoms with Crippen molar-refractivity contribution >= 4 is 17.5 Å². The first-order valence-corrected chi connectivity index (χ1v) is 11.0. The molecule has 3 aliphatic rings. The lowest BCUT2D eigenvalue weighted by Crippen LogP contribution is -2.48. The van der Waals surface area contributed by atoms with Crippen LogP contribution in [0, 0.1) is 16.7 Å². The Bertz CT molecular complexity index is 1050. The quantitative estimate of drug-likeness (QED) is 0.758. The fourth-order valence-corrected chi connectivity index (χ4v) is 6.33. The Morgan fingerprint density at radius 3 is 2.32 bits per heavy atom. The van der Waals surface area contributed by atoms with Crippen molar-refractivity contribution in [2.24, 2.45) is 16.7 Å². The Hall–Kier alpha value is -2.92. The Kier molecular flexibility index (Phi) is 4.38. The van der Waals surface area contributed by atoms with Gasteiger partial charge in [-0.1, -0.05) is 69.0 Å². The largest absolute Gasteiger partial charge is 0.383 e. The summed E-state index contributed by atoms with van der Waals surface area (Å²) in [5.74, 6) is 0.00446. The Labute approximate surface area is 182 Å². The van der Waals surface area contributed by atoms with Crippen molar-refractivity contribution in [3.8, 4) is 0 Å². The van der Waals surface area contributed by atoms with E-state index in [4.69, 9.17) is 0 Å². The summed E-state index contributed by atoms with van der Waals surface area (Å²) >= 11 is 0. The Balaban J connectivity index is 1.58. The fourth-order valence-electron chi connectivity index (χ4n) is 6.33. The highest BCUT2D eigenvalue weighted by Crippen LogP contribution is 2.70. The lowest BCUT2D eigenvalue weighted by molar-refractivity contribution is -0.132. The molecule has 1 saturated heterocycles. The van der Waals surface area contributed by atoms with Crippen LogP contribution in [0.1, 0.15) is 44.8 Å². The molecule has 5 nitrogen and oxygen atoms in total. The first-order chi connectivity index (χ1) is 14.8. The number of amides is 2. The average Bonchev–Trinajstić information content (AvgIpc) is 3.31. The number of carbonyl (C=O) groups excluding carboxylic acids is 2. The van der Waals surface area contributed by atoms with Crippen LogP contribution in [0.15, 0.2) is 72.8 Å². The number of aliphatic hydroxyl groups excluding tert-OH is 1. The monoisotopic (exact) mass is 416 g/mol. The molecule has 1 spiro atoms. The molecule has 2 amide bonds. The molecule has 4 atom stereocenters. The molecule has 2 aromatic carbocycles. The van der Waals surface area contributed by atoms with Gasteiger partial charge in [0.1, 0.15) is 6.10 Å². The van der Waals surface area contributed by atoms with Gasteiger partial charge < -0.3 is 5.11 Å². The van der Waals surface area contributed by atoms with E-state index in [1.165, 1.54) is 0 Å². The first kappa shape index (κ1) is 20.0. The SMILES string of the molecule is C=C(C(=O)N1[C@@H]2C[C@H]3CC[C@]2(C(=O)N1c1ccccc1)C3(C)C)[C@@H](O)c1ccccc1. The van der Waals surface area contributed by atoms with Gasteiger partial charge in [0.15, 0.2) is 0 Å². The molecule has 1 N–H and O–H groups in total. The summed E-state index contributed by atoms with van der Waals surface area (Å²) in [5.41, 5.74) is 0.584. The minimum atomic E-state index is -1.12. The molecular formula is C26H28N2O3. The highest BCUT2D eigenvalue weighted by molar-refractivity contribution is 6.08. The van der Waals surface area contributed by atoms with Gasteiger partial charge >= 0.3 is 0 Å². The molecule has 3 fully saturated rings. The van der Waals surface area contributed by atoms with E-state index in [9.17, 15) is 14.7 Å². The predicted molar refractivity (Wildman–Crippen MR) is 119 cm³/mol. The maximum absolute atomic E-state index is 14.0. The van der Waals surface area contributed by atoms with Crippen LogP contribution in [0.3, 0.4) is 0 Å². The standard InChI is InChI=1S/C26H28N2O3/c1-17(22(29)18-10-6-4-7-11-18)23(30)28-21-16-19-14-15-26(21,25(19,2)3)24(31)27(28)20-12-8-5-9-13-20/h4-13,19,21-22,29H,1,14-16H2,2-3H3/t19-,21-,22-,26+/m1/s1. The normalized spacial score (nSPS) is 29.2. The number of carbonyl (C=O) groups is 2. The van der Waals surface area contributed by atoms with Gasteiger partial charge in [0, 0.05) is 5.57 Å². The van der Waals surface area contributed by atoms with Gasteiger partial charge in [-0.2, -0.15) is 0 Å². The summed E-state index contributed by atoms with van der Waals surface area (Å²) < 4.78 is 0. The molecule has 0 aromatic heterocycles. The second kappa shape index (κ2) is 6.79. The number of hydrogen-bond donors (Lipinski definition) is 1. The Morgan fingerprint density at radius 2 is 1.71 bits per heavy atom. The summed E-state index contributed by atoms with van der Waals surface area (Å²) in [4.78, 5) is 27.8. The van der Waals surface area contributed by atoms with Crippen LogP contribution in [0.2, 0.25) is 0 Å².